The van der Waals surface area contributed by atoms with Crippen LogP contribution in [0.5, 0.6) is 0 Å². The molecule has 2 fully saturated rings. The van der Waals surface area contributed by atoms with Gasteiger partial charge >= 0.3 is 0 Å². The lowest BCUT2D eigenvalue weighted by atomic mass is 9.82. The monoisotopic (exact) mass is 274 g/mol. The molecule has 0 bridgehead atoms. The van der Waals surface area contributed by atoms with Crippen LogP contribution in [0, 0.1) is 6.92 Å². The first-order valence-corrected chi connectivity index (χ1v) is 7.52. The van der Waals surface area contributed by atoms with Gasteiger partial charge in [-0.2, -0.15) is 0 Å². The molecule has 0 radical (unpaired) electrons. The summed E-state index contributed by atoms with van der Waals surface area (Å²) in [5.74, 6) is 1.51. The van der Waals surface area contributed by atoms with Crippen molar-refractivity contribution in [1.29, 1.82) is 0 Å². The van der Waals surface area contributed by atoms with Gasteiger partial charge in [0.2, 0.25) is 11.9 Å². The number of hydrogen-bond donors (Lipinski definition) is 1. The number of amides is 1. The van der Waals surface area contributed by atoms with Crippen molar-refractivity contribution in [2.45, 2.75) is 51.5 Å². The van der Waals surface area contributed by atoms with Crippen molar-refractivity contribution in [3.63, 3.8) is 0 Å². The summed E-state index contributed by atoms with van der Waals surface area (Å²) in [7, 11) is 0. The fourth-order valence-corrected chi connectivity index (χ4v) is 2.82. The van der Waals surface area contributed by atoms with E-state index in [9.17, 15) is 4.79 Å². The van der Waals surface area contributed by atoms with Crippen molar-refractivity contribution in [1.82, 2.24) is 15.3 Å². The predicted octanol–water partition coefficient (Wildman–Crippen LogP) is 1.77. The van der Waals surface area contributed by atoms with E-state index in [4.69, 9.17) is 4.98 Å². The maximum atomic E-state index is 11.5. The Morgan fingerprint density at radius 3 is 2.85 bits per heavy atom. The van der Waals surface area contributed by atoms with Gasteiger partial charge in [0.15, 0.2) is 0 Å². The van der Waals surface area contributed by atoms with Crippen LogP contribution in [0.25, 0.3) is 0 Å². The summed E-state index contributed by atoms with van der Waals surface area (Å²) in [5, 5.41) is 2.93. The molecule has 1 saturated heterocycles. The molecular formula is C15H22N4O. The molecule has 108 valence electrons. The normalized spacial score (nSPS) is 24.0. The third-order valence-corrected chi connectivity index (χ3v) is 4.35. The van der Waals surface area contributed by atoms with Gasteiger partial charge < -0.3 is 10.2 Å². The minimum Gasteiger partial charge on any atom is -0.354 e. The van der Waals surface area contributed by atoms with Gasteiger partial charge in [-0.25, -0.2) is 9.97 Å². The Morgan fingerprint density at radius 1 is 1.35 bits per heavy atom. The summed E-state index contributed by atoms with van der Waals surface area (Å²) < 4.78 is 0. The average molecular weight is 274 g/mol. The molecule has 1 aromatic rings. The van der Waals surface area contributed by atoms with Gasteiger partial charge in [0, 0.05) is 42.9 Å². The summed E-state index contributed by atoms with van der Waals surface area (Å²) in [6.07, 6.45) is 4.30. The van der Waals surface area contributed by atoms with Gasteiger partial charge in [-0.3, -0.25) is 4.79 Å². The second kappa shape index (κ2) is 5.38. The summed E-state index contributed by atoms with van der Waals surface area (Å²) >= 11 is 0. The number of anilines is 1. The van der Waals surface area contributed by atoms with Crippen molar-refractivity contribution in [3.05, 3.63) is 17.5 Å². The average Bonchev–Trinajstić information content (AvgIpc) is 2.49. The standard InChI is InChI=1S/C15H22N4O/c1-10-8-13(12-4-3-5-12)18-15(17-10)19-7-6-14(20)16-9-11(19)2/h8,11-12H,3-7,9H2,1-2H3,(H,16,20). The van der Waals surface area contributed by atoms with Crippen LogP contribution < -0.4 is 10.2 Å². The third-order valence-electron chi connectivity index (χ3n) is 4.35. The molecule has 0 aromatic carbocycles. The molecule has 5 heteroatoms. The topological polar surface area (TPSA) is 58.1 Å². The van der Waals surface area contributed by atoms with E-state index < -0.39 is 0 Å². The molecule has 1 aromatic heterocycles. The zero-order valence-corrected chi connectivity index (χ0v) is 12.2. The Kier molecular flexibility index (Phi) is 3.59. The molecule has 0 spiro atoms. The number of nitrogens with zero attached hydrogens (tertiary/aromatic N) is 3. The van der Waals surface area contributed by atoms with Gasteiger partial charge in [-0.15, -0.1) is 0 Å². The van der Waals surface area contributed by atoms with Crippen molar-refractivity contribution in [2.75, 3.05) is 18.0 Å². The van der Waals surface area contributed by atoms with Gasteiger partial charge in [0.1, 0.15) is 0 Å². The lowest BCUT2D eigenvalue weighted by molar-refractivity contribution is -0.120. The maximum absolute atomic E-state index is 11.5. The molecular weight excluding hydrogens is 252 g/mol. The smallest absolute Gasteiger partial charge is 0.226 e. The van der Waals surface area contributed by atoms with Gasteiger partial charge in [0.05, 0.1) is 0 Å². The molecule has 3 rings (SSSR count). The second-order valence-corrected chi connectivity index (χ2v) is 5.96. The maximum Gasteiger partial charge on any atom is 0.226 e. The molecule has 2 aliphatic rings. The molecule has 20 heavy (non-hydrogen) atoms. The SMILES string of the molecule is Cc1cc(C2CCC2)nc(N2CCC(=O)NCC2C)n1. The van der Waals surface area contributed by atoms with Crippen LogP contribution in [-0.4, -0.2) is 35.0 Å². The molecule has 5 nitrogen and oxygen atoms in total. The van der Waals surface area contributed by atoms with E-state index >= 15 is 0 Å². The summed E-state index contributed by atoms with van der Waals surface area (Å²) in [5.41, 5.74) is 2.20. The second-order valence-electron chi connectivity index (χ2n) is 5.96. The number of aryl methyl sites for hydroxylation is 1. The lowest BCUT2D eigenvalue weighted by Crippen LogP contribution is -2.39. The lowest BCUT2D eigenvalue weighted by Gasteiger charge is -2.29. The van der Waals surface area contributed by atoms with Crippen LogP contribution in [-0.2, 0) is 4.79 Å². The number of nitrogens with one attached hydrogen (secondary N) is 1. The van der Waals surface area contributed by atoms with Crippen molar-refractivity contribution in [3.8, 4) is 0 Å². The van der Waals surface area contributed by atoms with Crippen LogP contribution in [0.1, 0.15) is 49.9 Å². The summed E-state index contributed by atoms with van der Waals surface area (Å²) in [6.45, 7) is 5.50. The first-order valence-electron chi connectivity index (χ1n) is 7.52. The van der Waals surface area contributed by atoms with Gasteiger partial charge in [0.25, 0.3) is 0 Å². The van der Waals surface area contributed by atoms with E-state index in [0.717, 1.165) is 11.6 Å². The number of carbonyl (C=O) groups excluding carboxylic acids is 1. The Bertz CT molecular complexity index is 513. The minimum atomic E-state index is 0.117. The number of aromatic nitrogens is 2. The van der Waals surface area contributed by atoms with Crippen LogP contribution in [0.15, 0.2) is 6.07 Å². The molecule has 1 atom stereocenters. The van der Waals surface area contributed by atoms with Crippen LogP contribution in [0.2, 0.25) is 0 Å². The van der Waals surface area contributed by atoms with E-state index in [0.29, 0.717) is 25.4 Å². The molecule has 2 heterocycles. The van der Waals surface area contributed by atoms with E-state index in [1.807, 2.05) is 6.92 Å². The van der Waals surface area contributed by atoms with Crippen molar-refractivity contribution < 1.29 is 4.79 Å². The van der Waals surface area contributed by atoms with E-state index in [-0.39, 0.29) is 11.9 Å². The molecule has 1 aliphatic carbocycles. The Labute approximate surface area is 119 Å². The number of carbonyl (C=O) groups is 1. The zero-order chi connectivity index (χ0) is 14.1. The summed E-state index contributed by atoms with van der Waals surface area (Å²) in [4.78, 5) is 23.0. The molecule has 1 N–H and O–H groups in total. The molecule has 1 saturated carbocycles. The molecule has 1 amide bonds. The minimum absolute atomic E-state index is 0.117. The van der Waals surface area contributed by atoms with E-state index in [1.165, 1.54) is 25.0 Å². The highest BCUT2D eigenvalue weighted by atomic mass is 16.1. The highest BCUT2D eigenvalue weighted by Gasteiger charge is 2.26. The Morgan fingerprint density at radius 2 is 2.15 bits per heavy atom. The quantitative estimate of drug-likeness (QED) is 0.893. The van der Waals surface area contributed by atoms with Crippen LogP contribution in [0.3, 0.4) is 0 Å². The highest BCUT2D eigenvalue weighted by Crippen LogP contribution is 2.36. The fourth-order valence-electron chi connectivity index (χ4n) is 2.82. The van der Waals surface area contributed by atoms with E-state index in [2.05, 4.69) is 28.2 Å². The first-order chi connectivity index (χ1) is 9.63. The van der Waals surface area contributed by atoms with Crippen molar-refractivity contribution >= 4 is 11.9 Å². The van der Waals surface area contributed by atoms with E-state index in [1.54, 1.807) is 0 Å². The highest BCUT2D eigenvalue weighted by molar-refractivity contribution is 5.77. The Balaban J connectivity index is 1.87. The van der Waals surface area contributed by atoms with Crippen molar-refractivity contribution in [2.24, 2.45) is 0 Å². The van der Waals surface area contributed by atoms with Gasteiger partial charge in [-0.1, -0.05) is 6.42 Å². The third kappa shape index (κ3) is 2.62. The number of rotatable bonds is 2. The molecule has 1 unspecified atom stereocenters. The molecule has 1 aliphatic heterocycles. The Hall–Kier alpha value is -1.65. The zero-order valence-electron chi connectivity index (χ0n) is 12.2. The van der Waals surface area contributed by atoms with Crippen LogP contribution >= 0.6 is 0 Å². The first kappa shape index (κ1) is 13.3. The predicted molar refractivity (Wildman–Crippen MR) is 77.8 cm³/mol. The summed E-state index contributed by atoms with van der Waals surface area (Å²) in [6, 6.07) is 2.34. The number of hydrogen-bond acceptors (Lipinski definition) is 4. The largest absolute Gasteiger partial charge is 0.354 e. The fraction of sp³-hybridized carbons (Fsp3) is 0.667. The van der Waals surface area contributed by atoms with Crippen LogP contribution in [0.4, 0.5) is 5.95 Å². The van der Waals surface area contributed by atoms with Gasteiger partial charge in [-0.05, 0) is 32.8 Å².